The van der Waals surface area contributed by atoms with Gasteiger partial charge in [0.25, 0.3) is 5.91 Å². The van der Waals surface area contributed by atoms with E-state index in [1.54, 1.807) is 17.8 Å². The minimum Gasteiger partial charge on any atom is -0.354 e. The Morgan fingerprint density at radius 3 is 2.77 bits per heavy atom. The summed E-state index contributed by atoms with van der Waals surface area (Å²) >= 11 is 0. The predicted octanol–water partition coefficient (Wildman–Crippen LogP) is 0.736. The topological polar surface area (TPSA) is 112 Å². The molecule has 0 aromatic carbocycles. The number of rotatable bonds is 4. The van der Waals surface area contributed by atoms with Crippen LogP contribution in [-0.4, -0.2) is 37.7 Å². The normalized spacial score (nSPS) is 15.0. The summed E-state index contributed by atoms with van der Waals surface area (Å²) in [6, 6.07) is 1.30. The molecule has 2 aromatic rings. The molecule has 3 rings (SSSR count). The molecule has 2 aromatic heterocycles. The molecule has 0 radical (unpaired) electrons. The van der Waals surface area contributed by atoms with Crippen molar-refractivity contribution in [3.63, 3.8) is 0 Å². The molecule has 3 N–H and O–H groups in total. The van der Waals surface area contributed by atoms with Gasteiger partial charge in [-0.25, -0.2) is 15.0 Å². The van der Waals surface area contributed by atoms with E-state index < -0.39 is 0 Å². The van der Waals surface area contributed by atoms with Crippen LogP contribution in [0.3, 0.4) is 0 Å². The second kappa shape index (κ2) is 6.37. The predicted molar refractivity (Wildman–Crippen MR) is 82.2 cm³/mol. The van der Waals surface area contributed by atoms with Crippen molar-refractivity contribution in [3.8, 4) is 5.82 Å². The lowest BCUT2D eigenvalue weighted by Crippen LogP contribution is -2.20. The van der Waals surface area contributed by atoms with E-state index in [2.05, 4.69) is 25.4 Å². The van der Waals surface area contributed by atoms with E-state index in [1.165, 1.54) is 6.33 Å². The Labute approximate surface area is 134 Å². The number of hydrogen-bond donors (Lipinski definition) is 2. The van der Waals surface area contributed by atoms with Gasteiger partial charge in [-0.2, -0.15) is 4.68 Å². The molecule has 118 valence electrons. The van der Waals surface area contributed by atoms with Crippen molar-refractivity contribution >= 4 is 18.3 Å². The van der Waals surface area contributed by atoms with Crippen LogP contribution in [-0.2, 0) is 0 Å². The van der Waals surface area contributed by atoms with E-state index in [4.69, 9.17) is 5.73 Å². The molecule has 2 heterocycles. The van der Waals surface area contributed by atoms with Gasteiger partial charge in [0.05, 0.1) is 6.04 Å². The van der Waals surface area contributed by atoms with Crippen molar-refractivity contribution in [1.82, 2.24) is 30.0 Å². The van der Waals surface area contributed by atoms with E-state index in [1.807, 2.05) is 6.92 Å². The third-order valence-electron chi connectivity index (χ3n) is 3.33. The van der Waals surface area contributed by atoms with Gasteiger partial charge in [0, 0.05) is 19.0 Å². The fraction of sp³-hybridized carbons (Fsp3) is 0.462. The molecule has 22 heavy (non-hydrogen) atoms. The van der Waals surface area contributed by atoms with Crippen molar-refractivity contribution < 1.29 is 4.79 Å². The van der Waals surface area contributed by atoms with Crippen molar-refractivity contribution in [3.05, 3.63) is 29.7 Å². The first-order valence-electron chi connectivity index (χ1n) is 6.87. The summed E-state index contributed by atoms with van der Waals surface area (Å²) < 4.78 is 1.60. The van der Waals surface area contributed by atoms with Gasteiger partial charge in [0.15, 0.2) is 17.5 Å². The molecule has 9 heteroatoms. The lowest BCUT2D eigenvalue weighted by Gasteiger charge is -2.08. The first-order valence-corrected chi connectivity index (χ1v) is 6.87. The Morgan fingerprint density at radius 2 is 2.18 bits per heavy atom. The minimum absolute atomic E-state index is 0. The van der Waals surface area contributed by atoms with Crippen LogP contribution in [0.1, 0.15) is 53.9 Å². The van der Waals surface area contributed by atoms with Crippen molar-refractivity contribution in [2.75, 3.05) is 7.05 Å². The third-order valence-corrected chi connectivity index (χ3v) is 3.33. The van der Waals surface area contributed by atoms with Gasteiger partial charge in [0.2, 0.25) is 0 Å². The van der Waals surface area contributed by atoms with E-state index in [0.29, 0.717) is 17.6 Å². The van der Waals surface area contributed by atoms with Crippen molar-refractivity contribution in [1.29, 1.82) is 0 Å². The maximum absolute atomic E-state index is 11.7. The summed E-state index contributed by atoms with van der Waals surface area (Å²) in [5.74, 6) is 2.07. The van der Waals surface area contributed by atoms with Crippen LogP contribution in [0.4, 0.5) is 0 Å². The third kappa shape index (κ3) is 3.07. The van der Waals surface area contributed by atoms with Crippen LogP contribution >= 0.6 is 12.4 Å². The summed E-state index contributed by atoms with van der Waals surface area (Å²) in [7, 11) is 1.55. The molecule has 0 saturated heterocycles. The number of carbonyl (C=O) groups excluding carboxylic acids is 1. The minimum atomic E-state index is -0.275. The van der Waals surface area contributed by atoms with Gasteiger partial charge in [-0.3, -0.25) is 4.79 Å². The highest BCUT2D eigenvalue weighted by atomic mass is 35.5. The number of nitrogens with two attached hydrogens (primary N) is 1. The second-order valence-electron chi connectivity index (χ2n) is 5.14. The monoisotopic (exact) mass is 323 g/mol. The fourth-order valence-electron chi connectivity index (χ4n) is 2.03. The van der Waals surface area contributed by atoms with Gasteiger partial charge >= 0.3 is 0 Å². The Hall–Kier alpha value is -2.06. The summed E-state index contributed by atoms with van der Waals surface area (Å²) in [5.41, 5.74) is 6.24. The van der Waals surface area contributed by atoms with Gasteiger partial charge in [-0.1, -0.05) is 0 Å². The van der Waals surface area contributed by atoms with Crippen LogP contribution in [0.2, 0.25) is 0 Å². The van der Waals surface area contributed by atoms with Crippen LogP contribution in [0, 0.1) is 0 Å². The average molecular weight is 324 g/mol. The molecule has 1 fully saturated rings. The molecule has 8 nitrogen and oxygen atoms in total. The number of aromatic nitrogens is 5. The maximum atomic E-state index is 11.7. The highest BCUT2D eigenvalue weighted by Crippen LogP contribution is 2.38. The Balaban J connectivity index is 0.00000176. The van der Waals surface area contributed by atoms with E-state index in [9.17, 15) is 4.79 Å². The van der Waals surface area contributed by atoms with Gasteiger partial charge in [-0.05, 0) is 19.8 Å². The lowest BCUT2D eigenvalue weighted by molar-refractivity contribution is 0.0958. The summed E-state index contributed by atoms with van der Waals surface area (Å²) in [6.45, 7) is 1.85. The zero-order chi connectivity index (χ0) is 15.0. The molecule has 1 atom stereocenters. The molecule has 1 aliphatic rings. The number of nitrogens with one attached hydrogen (secondary N) is 1. The smallest absolute Gasteiger partial charge is 0.269 e. The quantitative estimate of drug-likeness (QED) is 0.858. The maximum Gasteiger partial charge on any atom is 0.269 e. The fourth-order valence-corrected chi connectivity index (χ4v) is 2.03. The lowest BCUT2D eigenvalue weighted by atomic mass is 10.3. The Kier molecular flexibility index (Phi) is 4.72. The summed E-state index contributed by atoms with van der Waals surface area (Å²) in [6.07, 6.45) is 3.55. The second-order valence-corrected chi connectivity index (χ2v) is 5.14. The highest BCUT2D eigenvalue weighted by Gasteiger charge is 2.30. The van der Waals surface area contributed by atoms with E-state index >= 15 is 0 Å². The molecule has 0 spiro atoms. The zero-order valence-corrected chi connectivity index (χ0v) is 13.2. The van der Waals surface area contributed by atoms with Crippen LogP contribution < -0.4 is 11.1 Å². The molecule has 1 saturated carbocycles. The Bertz CT molecular complexity index is 681. The number of halogens is 1. The van der Waals surface area contributed by atoms with E-state index in [0.717, 1.165) is 18.7 Å². The summed E-state index contributed by atoms with van der Waals surface area (Å²) in [4.78, 5) is 24.3. The molecule has 0 unspecified atom stereocenters. The number of hydrogen-bond acceptors (Lipinski definition) is 6. The van der Waals surface area contributed by atoms with Crippen molar-refractivity contribution in [2.24, 2.45) is 5.73 Å². The highest BCUT2D eigenvalue weighted by molar-refractivity contribution is 5.92. The first-order chi connectivity index (χ1) is 10.1. The number of amides is 1. The number of carbonyl (C=O) groups is 1. The first kappa shape index (κ1) is 16.3. The SMILES string of the molecule is CNC(=O)c1cc(-n2nc(C3CC3)nc2[C@H](C)N)ncn1.Cl. The van der Waals surface area contributed by atoms with Crippen LogP contribution in [0.15, 0.2) is 12.4 Å². The molecular weight excluding hydrogens is 306 g/mol. The van der Waals surface area contributed by atoms with Crippen LogP contribution in [0.5, 0.6) is 0 Å². The summed E-state index contributed by atoms with van der Waals surface area (Å²) in [5, 5.41) is 7.03. The molecule has 1 aliphatic carbocycles. The van der Waals surface area contributed by atoms with Crippen molar-refractivity contribution in [2.45, 2.75) is 31.7 Å². The molecule has 1 amide bonds. The van der Waals surface area contributed by atoms with Gasteiger partial charge in [0.1, 0.15) is 12.0 Å². The molecular formula is C13H18ClN7O. The largest absolute Gasteiger partial charge is 0.354 e. The molecule has 0 bridgehead atoms. The van der Waals surface area contributed by atoms with E-state index in [-0.39, 0.29) is 30.0 Å². The zero-order valence-electron chi connectivity index (χ0n) is 12.4. The molecule has 0 aliphatic heterocycles. The van der Waals surface area contributed by atoms with Crippen LogP contribution in [0.25, 0.3) is 5.82 Å². The number of nitrogens with zero attached hydrogens (tertiary/aromatic N) is 5. The van der Waals surface area contributed by atoms with Gasteiger partial charge < -0.3 is 11.1 Å². The Morgan fingerprint density at radius 1 is 1.45 bits per heavy atom. The van der Waals surface area contributed by atoms with Gasteiger partial charge in [-0.15, -0.1) is 17.5 Å². The average Bonchev–Trinajstić information content (AvgIpc) is 3.25. The standard InChI is InChI=1S/C13H17N7O.ClH/c1-7(14)12-18-11(8-3-4-8)19-20(12)10-5-9(13(21)15-2)16-6-17-10;/h5-8H,3-4,14H2,1-2H3,(H,15,21);1H/t7-;/m0./s1.